The van der Waals surface area contributed by atoms with Crippen molar-refractivity contribution in [2.24, 2.45) is 7.05 Å². The topological polar surface area (TPSA) is 106 Å². The fraction of sp³-hybridized carbons (Fsp3) is 0.167. The van der Waals surface area contributed by atoms with E-state index in [1.54, 1.807) is 12.1 Å². The molecule has 3 aromatic rings. The summed E-state index contributed by atoms with van der Waals surface area (Å²) in [5, 5.41) is 17.8. The maximum absolute atomic E-state index is 12.2. The van der Waals surface area contributed by atoms with Crippen molar-refractivity contribution in [1.82, 2.24) is 14.9 Å². The van der Waals surface area contributed by atoms with Crippen molar-refractivity contribution >= 4 is 39.8 Å². The summed E-state index contributed by atoms with van der Waals surface area (Å²) in [5.74, 6) is 0.389. The Morgan fingerprint density at radius 1 is 1.37 bits per heavy atom. The van der Waals surface area contributed by atoms with E-state index in [1.165, 1.54) is 12.1 Å². The average Bonchev–Trinajstić information content (AvgIpc) is 2.95. The number of pyridine rings is 1. The quantitative estimate of drug-likeness (QED) is 0.423. The van der Waals surface area contributed by atoms with E-state index < -0.39 is 4.92 Å². The van der Waals surface area contributed by atoms with Crippen LogP contribution in [0.15, 0.2) is 30.3 Å². The smallest absolute Gasteiger partial charge is 0.281 e. The molecule has 9 nitrogen and oxygen atoms in total. The number of nitro groups is 1. The predicted molar refractivity (Wildman–Crippen MR) is 99.4 cm³/mol. The Balaban J connectivity index is 1.75. The number of aromatic nitrogens is 2. The molecule has 0 saturated carbocycles. The first-order valence-electron chi connectivity index (χ1n) is 8.19. The number of carbonyl (C=O) groups is 1. The minimum atomic E-state index is -0.584. The molecular weight excluding hydrogens is 348 g/mol. The van der Waals surface area contributed by atoms with Crippen LogP contribution >= 0.6 is 0 Å². The molecule has 2 N–H and O–H groups in total. The molecule has 9 heteroatoms. The van der Waals surface area contributed by atoms with E-state index in [9.17, 15) is 14.9 Å². The first-order chi connectivity index (χ1) is 13.0. The normalized spacial score (nSPS) is 13.0. The van der Waals surface area contributed by atoms with E-state index in [4.69, 9.17) is 6.57 Å². The lowest BCUT2D eigenvalue weighted by atomic mass is 10.1. The van der Waals surface area contributed by atoms with Crippen molar-refractivity contribution in [3.8, 4) is 0 Å². The Labute approximate surface area is 153 Å². The number of aryl methyl sites for hydroxylation is 1. The number of fused-ring (bicyclic) bond motifs is 3. The van der Waals surface area contributed by atoms with Gasteiger partial charge in [-0.2, -0.15) is 0 Å². The molecule has 2 aromatic heterocycles. The summed E-state index contributed by atoms with van der Waals surface area (Å²) in [5.41, 5.74) is 2.43. The van der Waals surface area contributed by atoms with Crippen LogP contribution in [-0.2, 0) is 13.5 Å². The van der Waals surface area contributed by atoms with Gasteiger partial charge >= 0.3 is 0 Å². The van der Waals surface area contributed by atoms with Crippen LogP contribution in [-0.4, -0.2) is 26.9 Å². The molecule has 0 spiro atoms. The second-order valence-electron chi connectivity index (χ2n) is 6.15. The lowest BCUT2D eigenvalue weighted by Crippen LogP contribution is -2.32. The molecule has 1 amide bonds. The van der Waals surface area contributed by atoms with Gasteiger partial charge in [0.1, 0.15) is 11.5 Å². The molecule has 0 radical (unpaired) electrons. The lowest BCUT2D eigenvalue weighted by molar-refractivity contribution is -0.383. The van der Waals surface area contributed by atoms with Crippen LogP contribution in [0.3, 0.4) is 0 Å². The zero-order valence-electron chi connectivity index (χ0n) is 14.3. The lowest BCUT2D eigenvalue weighted by Gasteiger charge is -2.13. The monoisotopic (exact) mass is 362 g/mol. The number of benzene rings is 1. The molecule has 1 aliphatic heterocycles. The minimum Gasteiger partial charge on any atom is -0.352 e. The number of nitrogens with one attached hydrogen (secondary N) is 2. The van der Waals surface area contributed by atoms with Crippen LogP contribution in [0.2, 0.25) is 0 Å². The molecular formula is C18H14N6O3. The molecule has 0 atom stereocenters. The number of nitrogens with zero attached hydrogens (tertiary/aromatic N) is 4. The number of hydrogen-bond donors (Lipinski definition) is 2. The number of nitro benzene ring substituents is 1. The van der Waals surface area contributed by atoms with E-state index >= 15 is 0 Å². The van der Waals surface area contributed by atoms with Gasteiger partial charge < -0.3 is 15.2 Å². The molecule has 0 unspecified atom stereocenters. The molecule has 3 heterocycles. The maximum Gasteiger partial charge on any atom is 0.281 e. The SMILES string of the molecule is [C-]#[N+]c1ccc(Nc2ccc3c4c(n(C)c3n2)CCNC4=O)cc1[N+](=O)[O-]. The van der Waals surface area contributed by atoms with E-state index in [-0.39, 0.29) is 17.3 Å². The Morgan fingerprint density at radius 2 is 2.19 bits per heavy atom. The summed E-state index contributed by atoms with van der Waals surface area (Å²) in [7, 11) is 1.87. The van der Waals surface area contributed by atoms with Gasteiger partial charge in [-0.25, -0.2) is 9.83 Å². The fourth-order valence-electron chi connectivity index (χ4n) is 3.34. The Morgan fingerprint density at radius 3 is 2.93 bits per heavy atom. The molecule has 0 aliphatic carbocycles. The highest BCUT2D eigenvalue weighted by Crippen LogP contribution is 2.32. The number of amides is 1. The second-order valence-corrected chi connectivity index (χ2v) is 6.15. The molecule has 1 aliphatic rings. The van der Waals surface area contributed by atoms with E-state index in [0.29, 0.717) is 29.3 Å². The van der Waals surface area contributed by atoms with Gasteiger partial charge in [-0.05, 0) is 24.3 Å². The molecule has 4 rings (SSSR count). The van der Waals surface area contributed by atoms with Crippen LogP contribution in [0.5, 0.6) is 0 Å². The molecule has 0 fully saturated rings. The number of hydrogen-bond acceptors (Lipinski definition) is 5. The fourth-order valence-corrected chi connectivity index (χ4v) is 3.34. The van der Waals surface area contributed by atoms with Crippen molar-refractivity contribution in [2.45, 2.75) is 6.42 Å². The van der Waals surface area contributed by atoms with Gasteiger partial charge in [0.2, 0.25) is 0 Å². The maximum atomic E-state index is 12.2. The molecule has 0 bridgehead atoms. The number of rotatable bonds is 3. The highest BCUT2D eigenvalue weighted by atomic mass is 16.6. The van der Waals surface area contributed by atoms with Crippen LogP contribution in [0.4, 0.5) is 22.9 Å². The summed E-state index contributed by atoms with van der Waals surface area (Å²) in [6.45, 7) is 7.61. The van der Waals surface area contributed by atoms with E-state index in [2.05, 4.69) is 20.5 Å². The molecule has 134 valence electrons. The van der Waals surface area contributed by atoms with Gasteiger partial charge in [0.15, 0.2) is 0 Å². The van der Waals surface area contributed by atoms with E-state index in [0.717, 1.165) is 17.5 Å². The van der Waals surface area contributed by atoms with Gasteiger partial charge in [-0.15, -0.1) is 0 Å². The predicted octanol–water partition coefficient (Wildman–Crippen LogP) is 3.06. The first-order valence-corrected chi connectivity index (χ1v) is 8.19. The molecule has 0 saturated heterocycles. The zero-order chi connectivity index (χ0) is 19.1. The van der Waals surface area contributed by atoms with Gasteiger partial charge in [0.05, 0.1) is 17.1 Å². The summed E-state index contributed by atoms with van der Waals surface area (Å²) < 4.78 is 1.90. The van der Waals surface area contributed by atoms with Crippen LogP contribution in [0.25, 0.3) is 15.9 Å². The van der Waals surface area contributed by atoms with Gasteiger partial charge in [0.25, 0.3) is 17.3 Å². The summed E-state index contributed by atoms with van der Waals surface area (Å²) in [6, 6.07) is 7.84. The summed E-state index contributed by atoms with van der Waals surface area (Å²) >= 11 is 0. The first kappa shape index (κ1) is 16.5. The highest BCUT2D eigenvalue weighted by molar-refractivity contribution is 6.08. The second kappa shape index (κ2) is 6.10. The minimum absolute atomic E-state index is 0.0184. The summed E-state index contributed by atoms with van der Waals surface area (Å²) in [4.78, 5) is 30.5. The third-order valence-electron chi connectivity index (χ3n) is 4.60. The van der Waals surface area contributed by atoms with Crippen molar-refractivity contribution in [3.63, 3.8) is 0 Å². The third kappa shape index (κ3) is 2.64. The standard InChI is InChI=1S/C18H14N6O3/c1-19-12-5-3-10(9-14(12)24(26)27)21-15-6-4-11-16-13(7-8-20-18(16)25)23(2)17(11)22-15/h3-6,9H,7-8H2,2H3,(H,20,25)(H,21,22). The van der Waals surface area contributed by atoms with Crippen molar-refractivity contribution in [3.05, 3.63) is 63.1 Å². The van der Waals surface area contributed by atoms with E-state index in [1.807, 2.05) is 17.7 Å². The Hall–Kier alpha value is -3.93. The zero-order valence-corrected chi connectivity index (χ0v) is 14.3. The average molecular weight is 362 g/mol. The van der Waals surface area contributed by atoms with Crippen molar-refractivity contribution in [2.75, 3.05) is 11.9 Å². The highest BCUT2D eigenvalue weighted by Gasteiger charge is 2.25. The molecule has 27 heavy (non-hydrogen) atoms. The number of carbonyl (C=O) groups excluding carboxylic acids is 1. The number of anilines is 2. The third-order valence-corrected chi connectivity index (χ3v) is 4.60. The van der Waals surface area contributed by atoms with Crippen molar-refractivity contribution < 1.29 is 9.72 Å². The Kier molecular flexibility index (Phi) is 3.74. The van der Waals surface area contributed by atoms with Crippen LogP contribution in [0.1, 0.15) is 16.1 Å². The largest absolute Gasteiger partial charge is 0.352 e. The Bertz CT molecular complexity index is 1160. The summed E-state index contributed by atoms with van der Waals surface area (Å²) in [6.07, 6.45) is 0.737. The van der Waals surface area contributed by atoms with Gasteiger partial charge in [0, 0.05) is 42.8 Å². The van der Waals surface area contributed by atoms with Gasteiger partial charge in [-0.1, -0.05) is 0 Å². The van der Waals surface area contributed by atoms with Crippen LogP contribution < -0.4 is 10.6 Å². The van der Waals surface area contributed by atoms with Gasteiger partial charge in [-0.3, -0.25) is 14.9 Å². The van der Waals surface area contributed by atoms with Crippen LogP contribution in [0, 0.1) is 16.7 Å². The molecule has 1 aromatic carbocycles. The van der Waals surface area contributed by atoms with Crippen molar-refractivity contribution in [1.29, 1.82) is 0 Å².